The number of nitriles is 1. The van der Waals surface area contributed by atoms with Gasteiger partial charge in [-0.2, -0.15) is 5.26 Å². The van der Waals surface area contributed by atoms with E-state index in [1.165, 1.54) is 12.3 Å². The number of nitrogens with one attached hydrogen (secondary N) is 2. The van der Waals surface area contributed by atoms with Gasteiger partial charge in [0.2, 0.25) is 0 Å². The predicted octanol–water partition coefficient (Wildman–Crippen LogP) is 1.02. The van der Waals surface area contributed by atoms with Crippen LogP contribution < -0.4 is 5.32 Å². The first-order valence-electron chi connectivity index (χ1n) is 4.03. The van der Waals surface area contributed by atoms with Gasteiger partial charge in [0, 0.05) is 12.2 Å². The standard InChI is InChI=1S/C9H11N3O/c1-6(2)12-9(13)8-3-7(4-10)5-11-8/h3,5-6,11H,1-2H3,(H,12,13). The number of H-pyrrole nitrogens is 1. The van der Waals surface area contributed by atoms with Crippen LogP contribution in [0, 0.1) is 11.3 Å². The molecule has 0 aliphatic carbocycles. The Labute approximate surface area is 76.6 Å². The molecule has 4 nitrogen and oxygen atoms in total. The molecule has 0 radical (unpaired) electrons. The molecule has 0 saturated heterocycles. The van der Waals surface area contributed by atoms with E-state index in [0.29, 0.717) is 11.3 Å². The van der Waals surface area contributed by atoms with Gasteiger partial charge in [-0.3, -0.25) is 4.79 Å². The summed E-state index contributed by atoms with van der Waals surface area (Å²) in [6, 6.07) is 3.57. The van der Waals surface area contributed by atoms with Crippen molar-refractivity contribution in [1.82, 2.24) is 10.3 Å². The van der Waals surface area contributed by atoms with Crippen LogP contribution in [0.15, 0.2) is 12.3 Å². The smallest absolute Gasteiger partial charge is 0.267 e. The third-order valence-corrected chi connectivity index (χ3v) is 1.48. The Morgan fingerprint density at radius 2 is 2.38 bits per heavy atom. The van der Waals surface area contributed by atoms with E-state index >= 15 is 0 Å². The van der Waals surface area contributed by atoms with Gasteiger partial charge in [0.1, 0.15) is 11.8 Å². The summed E-state index contributed by atoms with van der Waals surface area (Å²) in [7, 11) is 0. The zero-order valence-corrected chi connectivity index (χ0v) is 7.59. The minimum absolute atomic E-state index is 0.0985. The van der Waals surface area contributed by atoms with Crippen molar-refractivity contribution in [3.05, 3.63) is 23.5 Å². The number of aromatic amines is 1. The summed E-state index contributed by atoms with van der Waals surface area (Å²) >= 11 is 0. The molecule has 2 N–H and O–H groups in total. The highest BCUT2D eigenvalue weighted by atomic mass is 16.1. The summed E-state index contributed by atoms with van der Waals surface area (Å²) in [5, 5.41) is 11.2. The van der Waals surface area contributed by atoms with E-state index in [1.807, 2.05) is 19.9 Å². The topological polar surface area (TPSA) is 68.7 Å². The van der Waals surface area contributed by atoms with Crippen LogP contribution in [0.3, 0.4) is 0 Å². The van der Waals surface area contributed by atoms with Gasteiger partial charge >= 0.3 is 0 Å². The fraction of sp³-hybridized carbons (Fsp3) is 0.333. The van der Waals surface area contributed by atoms with Crippen LogP contribution in [-0.4, -0.2) is 16.9 Å². The maximum absolute atomic E-state index is 11.3. The normalized spacial score (nSPS) is 9.69. The largest absolute Gasteiger partial charge is 0.356 e. The average Bonchev–Trinajstić information content (AvgIpc) is 2.50. The predicted molar refractivity (Wildman–Crippen MR) is 48.1 cm³/mol. The van der Waals surface area contributed by atoms with Crippen LogP contribution in [0.5, 0.6) is 0 Å². The first-order valence-corrected chi connectivity index (χ1v) is 4.03. The molecular formula is C9H11N3O. The molecule has 0 atom stereocenters. The molecule has 0 spiro atoms. The first-order chi connectivity index (χ1) is 6.13. The van der Waals surface area contributed by atoms with Crippen molar-refractivity contribution in [3.63, 3.8) is 0 Å². The van der Waals surface area contributed by atoms with Gasteiger partial charge in [-0.15, -0.1) is 0 Å². The Hall–Kier alpha value is -1.76. The minimum Gasteiger partial charge on any atom is -0.356 e. The molecule has 0 aliphatic rings. The third kappa shape index (κ3) is 2.34. The molecule has 1 heterocycles. The fourth-order valence-corrected chi connectivity index (χ4v) is 0.930. The quantitative estimate of drug-likeness (QED) is 0.708. The van der Waals surface area contributed by atoms with E-state index in [-0.39, 0.29) is 11.9 Å². The zero-order valence-electron chi connectivity index (χ0n) is 7.59. The van der Waals surface area contributed by atoms with Crippen molar-refractivity contribution < 1.29 is 4.79 Å². The number of carbonyl (C=O) groups excluding carboxylic acids is 1. The van der Waals surface area contributed by atoms with E-state index < -0.39 is 0 Å². The number of hydrogen-bond donors (Lipinski definition) is 2. The van der Waals surface area contributed by atoms with Gasteiger partial charge in [-0.25, -0.2) is 0 Å². The Balaban J connectivity index is 2.73. The molecule has 1 rings (SSSR count). The second-order valence-electron chi connectivity index (χ2n) is 3.04. The van der Waals surface area contributed by atoms with Gasteiger partial charge in [0.15, 0.2) is 0 Å². The Kier molecular flexibility index (Phi) is 2.70. The van der Waals surface area contributed by atoms with Crippen LogP contribution in [0.2, 0.25) is 0 Å². The highest BCUT2D eigenvalue weighted by molar-refractivity contribution is 5.92. The van der Waals surface area contributed by atoms with Gasteiger partial charge in [0.05, 0.1) is 5.56 Å². The highest BCUT2D eigenvalue weighted by Crippen LogP contribution is 2.01. The molecule has 0 unspecified atom stereocenters. The SMILES string of the molecule is CC(C)NC(=O)c1cc(C#N)c[nH]1. The van der Waals surface area contributed by atoms with E-state index in [9.17, 15) is 4.79 Å². The second-order valence-corrected chi connectivity index (χ2v) is 3.04. The fourth-order valence-electron chi connectivity index (χ4n) is 0.930. The lowest BCUT2D eigenvalue weighted by Crippen LogP contribution is -2.30. The molecule has 0 aliphatic heterocycles. The summed E-state index contributed by atoms with van der Waals surface area (Å²) < 4.78 is 0. The van der Waals surface area contributed by atoms with Crippen molar-refractivity contribution in [2.45, 2.75) is 19.9 Å². The van der Waals surface area contributed by atoms with Crippen molar-refractivity contribution in [2.75, 3.05) is 0 Å². The molecule has 1 amide bonds. The van der Waals surface area contributed by atoms with Crippen LogP contribution >= 0.6 is 0 Å². The summed E-state index contributed by atoms with van der Waals surface area (Å²) in [6.45, 7) is 3.76. The molecule has 0 aromatic carbocycles. The average molecular weight is 177 g/mol. The van der Waals surface area contributed by atoms with E-state index in [0.717, 1.165) is 0 Å². The Morgan fingerprint density at radius 3 is 2.85 bits per heavy atom. The molecule has 1 aromatic rings. The van der Waals surface area contributed by atoms with Gasteiger partial charge in [0.25, 0.3) is 5.91 Å². The van der Waals surface area contributed by atoms with Gasteiger partial charge in [-0.1, -0.05) is 0 Å². The third-order valence-electron chi connectivity index (χ3n) is 1.48. The monoisotopic (exact) mass is 177 g/mol. The molecule has 68 valence electrons. The highest BCUT2D eigenvalue weighted by Gasteiger charge is 2.08. The molecule has 1 aromatic heterocycles. The van der Waals surface area contributed by atoms with Crippen molar-refractivity contribution in [3.8, 4) is 6.07 Å². The number of carbonyl (C=O) groups is 1. The maximum atomic E-state index is 11.3. The number of hydrogen-bond acceptors (Lipinski definition) is 2. The molecule has 0 bridgehead atoms. The molecule has 0 saturated carbocycles. The minimum atomic E-state index is -0.184. The lowest BCUT2D eigenvalue weighted by atomic mass is 10.3. The first kappa shape index (κ1) is 9.33. The van der Waals surface area contributed by atoms with Crippen LogP contribution in [-0.2, 0) is 0 Å². The van der Waals surface area contributed by atoms with E-state index in [2.05, 4.69) is 10.3 Å². The molecular weight excluding hydrogens is 166 g/mol. The summed E-state index contributed by atoms with van der Waals surface area (Å²) in [4.78, 5) is 14.1. The van der Waals surface area contributed by atoms with Crippen molar-refractivity contribution >= 4 is 5.91 Å². The zero-order chi connectivity index (χ0) is 9.84. The van der Waals surface area contributed by atoms with Crippen LogP contribution in [0.25, 0.3) is 0 Å². The Morgan fingerprint density at radius 1 is 1.69 bits per heavy atom. The summed E-state index contributed by atoms with van der Waals surface area (Å²) in [5.74, 6) is -0.184. The van der Waals surface area contributed by atoms with Gasteiger partial charge in [-0.05, 0) is 19.9 Å². The summed E-state index contributed by atoms with van der Waals surface area (Å²) in [6.07, 6.45) is 1.51. The molecule has 0 fully saturated rings. The lowest BCUT2D eigenvalue weighted by molar-refractivity contribution is 0.0938. The lowest BCUT2D eigenvalue weighted by Gasteiger charge is -2.05. The van der Waals surface area contributed by atoms with Crippen LogP contribution in [0.4, 0.5) is 0 Å². The maximum Gasteiger partial charge on any atom is 0.267 e. The number of amides is 1. The van der Waals surface area contributed by atoms with Gasteiger partial charge < -0.3 is 10.3 Å². The van der Waals surface area contributed by atoms with E-state index in [1.54, 1.807) is 0 Å². The number of aromatic nitrogens is 1. The van der Waals surface area contributed by atoms with Crippen LogP contribution in [0.1, 0.15) is 29.9 Å². The van der Waals surface area contributed by atoms with E-state index in [4.69, 9.17) is 5.26 Å². The van der Waals surface area contributed by atoms with Crippen molar-refractivity contribution in [2.24, 2.45) is 0 Å². The number of rotatable bonds is 2. The molecule has 13 heavy (non-hydrogen) atoms. The summed E-state index contributed by atoms with van der Waals surface area (Å²) in [5.41, 5.74) is 0.888. The Bertz CT molecular complexity index is 346. The molecule has 4 heteroatoms. The number of nitrogens with zero attached hydrogens (tertiary/aromatic N) is 1. The van der Waals surface area contributed by atoms with Crippen molar-refractivity contribution in [1.29, 1.82) is 5.26 Å². The second kappa shape index (κ2) is 3.76.